The summed E-state index contributed by atoms with van der Waals surface area (Å²) in [7, 11) is -0.704. The molecule has 0 saturated carbocycles. The van der Waals surface area contributed by atoms with E-state index in [0.29, 0.717) is 52.0 Å². The Balaban J connectivity index is 1.57. The summed E-state index contributed by atoms with van der Waals surface area (Å²) < 4.78 is 15.3. The maximum absolute atomic E-state index is 13.3. The fraction of sp³-hybridized carbons (Fsp3) is 0.692. The molecule has 40 heavy (non-hydrogen) atoms. The minimum Gasteiger partial charge on any atom is -0.453 e. The van der Waals surface area contributed by atoms with Gasteiger partial charge in [0.15, 0.2) is 0 Å². The Morgan fingerprint density at radius 2 is 1.93 bits per heavy atom. The SMILES string of the molecule is COC(=O)N1CCN(C(C)(C)C=C(C#N)C(=O)N2CCC[C@H](OC(=O)N[C@@H](CC3=CCCC3)OB(O)O)C2)CC1. The molecule has 3 N–H and O–H groups in total. The van der Waals surface area contributed by atoms with Crippen LogP contribution in [0.1, 0.15) is 52.4 Å². The van der Waals surface area contributed by atoms with E-state index >= 15 is 0 Å². The van der Waals surface area contributed by atoms with Gasteiger partial charge in [-0.1, -0.05) is 11.6 Å². The van der Waals surface area contributed by atoms with E-state index in [1.807, 2.05) is 26.0 Å². The van der Waals surface area contributed by atoms with Gasteiger partial charge in [0.25, 0.3) is 5.91 Å². The van der Waals surface area contributed by atoms with E-state index in [-0.39, 0.29) is 18.2 Å². The number of allylic oxidation sites excluding steroid dienone is 1. The molecular formula is C26H40BN5O8. The number of alkyl carbamates (subject to hydrolysis) is 1. The van der Waals surface area contributed by atoms with Crippen molar-refractivity contribution < 1.29 is 38.6 Å². The number of carbonyl (C=O) groups excluding carboxylic acids is 3. The molecule has 0 spiro atoms. The van der Waals surface area contributed by atoms with Crippen molar-refractivity contribution in [2.75, 3.05) is 46.4 Å². The minimum atomic E-state index is -2.05. The molecule has 2 heterocycles. The highest BCUT2D eigenvalue weighted by atomic mass is 16.6. The first kappa shape index (κ1) is 31.4. The van der Waals surface area contributed by atoms with Gasteiger partial charge in [0.05, 0.1) is 13.7 Å². The van der Waals surface area contributed by atoms with Crippen LogP contribution >= 0.6 is 0 Å². The van der Waals surface area contributed by atoms with Gasteiger partial charge in [-0.3, -0.25) is 15.0 Å². The van der Waals surface area contributed by atoms with Crippen LogP contribution in [0.2, 0.25) is 0 Å². The second-order valence-corrected chi connectivity index (χ2v) is 10.7. The maximum Gasteiger partial charge on any atom is 0.635 e. The number of amides is 3. The predicted octanol–water partition coefficient (Wildman–Crippen LogP) is 1.13. The molecule has 14 heteroatoms. The smallest absolute Gasteiger partial charge is 0.453 e. The van der Waals surface area contributed by atoms with Crippen LogP contribution in [0.25, 0.3) is 0 Å². The molecule has 0 unspecified atom stereocenters. The molecule has 2 saturated heterocycles. The van der Waals surface area contributed by atoms with Crippen molar-refractivity contribution in [3.8, 4) is 6.07 Å². The molecule has 2 atom stereocenters. The summed E-state index contributed by atoms with van der Waals surface area (Å²) in [5.41, 5.74) is 0.445. The van der Waals surface area contributed by atoms with Crippen LogP contribution in [-0.2, 0) is 18.9 Å². The Bertz CT molecular complexity index is 1020. The molecule has 2 aliphatic heterocycles. The lowest BCUT2D eigenvalue weighted by molar-refractivity contribution is -0.129. The average Bonchev–Trinajstić information content (AvgIpc) is 3.43. The van der Waals surface area contributed by atoms with E-state index < -0.39 is 37.2 Å². The zero-order chi connectivity index (χ0) is 29.3. The topological polar surface area (TPSA) is 165 Å². The monoisotopic (exact) mass is 561 g/mol. The summed E-state index contributed by atoms with van der Waals surface area (Å²) in [5.74, 6) is -0.435. The van der Waals surface area contributed by atoms with Crippen molar-refractivity contribution in [1.82, 2.24) is 20.0 Å². The molecule has 2 fully saturated rings. The lowest BCUT2D eigenvalue weighted by Crippen LogP contribution is -2.55. The van der Waals surface area contributed by atoms with E-state index in [9.17, 15) is 29.7 Å². The summed E-state index contributed by atoms with van der Waals surface area (Å²) in [4.78, 5) is 42.9. The van der Waals surface area contributed by atoms with E-state index in [0.717, 1.165) is 24.8 Å². The van der Waals surface area contributed by atoms with Crippen LogP contribution in [0.5, 0.6) is 0 Å². The minimum absolute atomic E-state index is 0.000680. The van der Waals surface area contributed by atoms with Gasteiger partial charge in [-0.15, -0.1) is 0 Å². The zero-order valence-electron chi connectivity index (χ0n) is 23.5. The number of hydrogen-bond acceptors (Lipinski definition) is 10. The normalized spacial score (nSPS) is 21.2. The second-order valence-electron chi connectivity index (χ2n) is 10.7. The van der Waals surface area contributed by atoms with Gasteiger partial charge in [0.2, 0.25) is 0 Å². The standard InChI is InChI=1S/C26H40BN5O8/c1-26(2,32-13-11-30(12-14-32)25(35)38-3)16-20(17-28)23(33)31-10-6-9-21(18-31)39-24(34)29-22(40-27(36)37)15-19-7-4-5-8-19/h7,16,21-22,36-37H,4-6,8-15,18H2,1-3H3,(H,29,34)/t21-,22+/m0/s1. The molecule has 220 valence electrons. The summed E-state index contributed by atoms with van der Waals surface area (Å²) in [6.07, 6.45) is 5.20. The Labute approximate surface area is 235 Å². The number of nitrogens with zero attached hydrogens (tertiary/aromatic N) is 4. The van der Waals surface area contributed by atoms with E-state index in [1.54, 1.807) is 11.0 Å². The molecule has 13 nitrogen and oxygen atoms in total. The van der Waals surface area contributed by atoms with E-state index in [1.165, 1.54) is 12.0 Å². The van der Waals surface area contributed by atoms with Crippen molar-refractivity contribution in [3.63, 3.8) is 0 Å². The average molecular weight is 561 g/mol. The quantitative estimate of drug-likeness (QED) is 0.122. The third kappa shape index (κ3) is 8.95. The summed E-state index contributed by atoms with van der Waals surface area (Å²) in [6, 6.07) is 2.03. The zero-order valence-corrected chi connectivity index (χ0v) is 23.5. The van der Waals surface area contributed by atoms with Crippen molar-refractivity contribution in [1.29, 1.82) is 5.26 Å². The van der Waals surface area contributed by atoms with Crippen LogP contribution in [-0.4, -0.2) is 114 Å². The molecule has 0 aromatic carbocycles. The summed E-state index contributed by atoms with van der Waals surface area (Å²) in [5, 5.41) is 30.8. The van der Waals surface area contributed by atoms with E-state index in [2.05, 4.69) is 10.2 Å². The fourth-order valence-corrected chi connectivity index (χ4v) is 5.33. The number of piperazine rings is 1. The number of nitrogens with one attached hydrogen (secondary N) is 1. The third-order valence-electron chi connectivity index (χ3n) is 7.46. The molecule has 0 bridgehead atoms. The Hall–Kier alpha value is -3.12. The highest BCUT2D eigenvalue weighted by molar-refractivity contribution is 6.32. The Morgan fingerprint density at radius 3 is 2.52 bits per heavy atom. The first-order valence-electron chi connectivity index (χ1n) is 13.7. The third-order valence-corrected chi connectivity index (χ3v) is 7.46. The molecule has 3 amide bonds. The van der Waals surface area contributed by atoms with Gasteiger partial charge in [-0.2, -0.15) is 5.26 Å². The first-order valence-corrected chi connectivity index (χ1v) is 13.7. The molecule has 0 aromatic rings. The molecule has 3 rings (SSSR count). The first-order chi connectivity index (χ1) is 19.0. The molecule has 0 aromatic heterocycles. The van der Waals surface area contributed by atoms with Gasteiger partial charge in [0.1, 0.15) is 24.0 Å². The number of piperidine rings is 1. The highest BCUT2D eigenvalue weighted by Gasteiger charge is 2.34. The molecule has 0 radical (unpaired) electrons. The number of nitriles is 1. The number of carbonyl (C=O) groups is 3. The largest absolute Gasteiger partial charge is 0.635 e. The van der Waals surface area contributed by atoms with Crippen LogP contribution in [0.15, 0.2) is 23.3 Å². The summed E-state index contributed by atoms with van der Waals surface area (Å²) >= 11 is 0. The van der Waals surface area contributed by atoms with Gasteiger partial charge in [0, 0.05) is 44.7 Å². The van der Waals surface area contributed by atoms with E-state index in [4.69, 9.17) is 14.1 Å². The second kappa shape index (κ2) is 14.5. The molecular weight excluding hydrogens is 521 g/mol. The van der Waals surface area contributed by atoms with Crippen LogP contribution in [0.3, 0.4) is 0 Å². The van der Waals surface area contributed by atoms with Crippen molar-refractivity contribution in [2.24, 2.45) is 0 Å². The Kier molecular flexibility index (Phi) is 11.4. The highest BCUT2D eigenvalue weighted by Crippen LogP contribution is 2.24. The van der Waals surface area contributed by atoms with Crippen molar-refractivity contribution in [2.45, 2.75) is 70.2 Å². The van der Waals surface area contributed by atoms with Crippen LogP contribution in [0.4, 0.5) is 9.59 Å². The lowest BCUT2D eigenvalue weighted by atomic mass is 9.97. The van der Waals surface area contributed by atoms with Crippen molar-refractivity contribution in [3.05, 3.63) is 23.3 Å². The van der Waals surface area contributed by atoms with Gasteiger partial charge in [-0.25, -0.2) is 9.59 Å². The van der Waals surface area contributed by atoms with Gasteiger partial charge < -0.3 is 34.0 Å². The van der Waals surface area contributed by atoms with Crippen LogP contribution in [0, 0.1) is 11.3 Å². The van der Waals surface area contributed by atoms with Crippen molar-refractivity contribution >= 4 is 25.4 Å². The number of methoxy groups -OCH3 is 1. The lowest BCUT2D eigenvalue weighted by Gasteiger charge is -2.42. The summed E-state index contributed by atoms with van der Waals surface area (Å²) in [6.45, 7) is 6.48. The van der Waals surface area contributed by atoms with Crippen LogP contribution < -0.4 is 5.32 Å². The maximum atomic E-state index is 13.3. The fourth-order valence-electron chi connectivity index (χ4n) is 5.33. The van der Waals surface area contributed by atoms with Gasteiger partial charge in [-0.05, 0) is 52.0 Å². The number of hydrogen-bond donors (Lipinski definition) is 3. The number of rotatable bonds is 9. The predicted molar refractivity (Wildman–Crippen MR) is 144 cm³/mol. The molecule has 1 aliphatic carbocycles. The van der Waals surface area contributed by atoms with Gasteiger partial charge >= 0.3 is 19.5 Å². The molecule has 3 aliphatic rings. The number of ether oxygens (including phenoxy) is 2. The number of likely N-dealkylation sites (tertiary alicyclic amines) is 1. The Morgan fingerprint density at radius 1 is 1.20 bits per heavy atom.